The molecule has 0 aliphatic rings. The predicted octanol–water partition coefficient (Wildman–Crippen LogP) is 6.77. The summed E-state index contributed by atoms with van der Waals surface area (Å²) in [6.07, 6.45) is 0. The van der Waals surface area contributed by atoms with Crippen LogP contribution in [0.2, 0.25) is 0 Å². The van der Waals surface area contributed by atoms with Crippen LogP contribution in [0.4, 0.5) is 39.5 Å². The normalized spacial score (nSPS) is 10.3. The predicted molar refractivity (Wildman–Crippen MR) is 106 cm³/mol. The third-order valence-corrected chi connectivity index (χ3v) is 5.31. The molecule has 0 spiro atoms. The van der Waals surface area contributed by atoms with E-state index in [0.717, 1.165) is 24.3 Å². The summed E-state index contributed by atoms with van der Waals surface area (Å²) in [6.45, 7) is 0. The van der Waals surface area contributed by atoms with Crippen molar-refractivity contribution >= 4 is 15.9 Å². The highest BCUT2D eigenvalue weighted by Crippen LogP contribution is 2.45. The van der Waals surface area contributed by atoms with Crippen molar-refractivity contribution in [2.45, 2.75) is 0 Å². The van der Waals surface area contributed by atoms with Crippen LogP contribution in [-0.2, 0) is 0 Å². The highest BCUT2D eigenvalue weighted by molar-refractivity contribution is 9.10. The second kappa shape index (κ2) is 10.2. The molecule has 0 fully saturated rings. The van der Waals surface area contributed by atoms with Crippen molar-refractivity contribution in [3.63, 3.8) is 0 Å². The van der Waals surface area contributed by atoms with E-state index in [1.54, 1.807) is 0 Å². The fourth-order valence-electron chi connectivity index (χ4n) is 2.85. The van der Waals surface area contributed by atoms with E-state index in [1.807, 2.05) is 0 Å². The molecule has 0 aromatic heterocycles. The number of ether oxygens (including phenoxy) is 2. The van der Waals surface area contributed by atoms with Crippen LogP contribution < -0.4 is 9.47 Å². The van der Waals surface area contributed by atoms with Gasteiger partial charge in [0.2, 0.25) is 40.5 Å². The van der Waals surface area contributed by atoms with Crippen molar-refractivity contribution in [3.8, 4) is 47.3 Å². The summed E-state index contributed by atoms with van der Waals surface area (Å²) in [5.41, 5.74) is -5.64. The fraction of sp³-hybridized carbons (Fsp3) is 0. The van der Waals surface area contributed by atoms with Crippen LogP contribution in [0.25, 0.3) is 0 Å². The lowest BCUT2D eigenvalue weighted by Gasteiger charge is -2.16. The van der Waals surface area contributed by atoms with Gasteiger partial charge in [0.25, 0.3) is 0 Å². The van der Waals surface area contributed by atoms with E-state index in [0.29, 0.717) is 0 Å². The monoisotopic (exact) mass is 602 g/mol. The van der Waals surface area contributed by atoms with Gasteiger partial charge < -0.3 is 9.47 Å². The summed E-state index contributed by atoms with van der Waals surface area (Å²) in [7, 11) is 0. The number of hydrogen-bond acceptors (Lipinski definition) is 6. The van der Waals surface area contributed by atoms with E-state index >= 15 is 0 Å². The topological polar surface area (TPSA) is 114 Å². The van der Waals surface area contributed by atoms with Crippen LogP contribution in [-0.4, -0.2) is 0 Å². The van der Waals surface area contributed by atoms with Gasteiger partial charge in [-0.2, -0.15) is 38.6 Å². The second-order valence-electron chi connectivity index (χ2n) is 6.61. The molecule has 0 bridgehead atoms. The lowest BCUT2D eigenvalue weighted by Crippen LogP contribution is -2.08. The standard InChI is InChI=1S/C22BrF9N4O2/c23-9-14(28)22(38-21-13(27)8(4-36)6(2-34)11(25)16(21)30)18(32)17(31)19(9)37-20-12(26)7(3-35)5(1-33)10(24)15(20)29. The molecule has 0 amide bonds. The van der Waals surface area contributed by atoms with Crippen molar-refractivity contribution in [1.82, 2.24) is 0 Å². The zero-order chi connectivity index (χ0) is 28.6. The number of nitriles is 4. The molecule has 3 aromatic rings. The Morgan fingerprint density at radius 2 is 0.658 bits per heavy atom. The van der Waals surface area contributed by atoms with Crippen LogP contribution in [0.3, 0.4) is 0 Å². The van der Waals surface area contributed by atoms with E-state index in [-0.39, 0.29) is 0 Å². The number of rotatable bonds is 4. The molecule has 16 heteroatoms. The van der Waals surface area contributed by atoms with Crippen LogP contribution in [0.1, 0.15) is 22.3 Å². The number of nitrogens with zero attached hydrogens (tertiary/aromatic N) is 4. The summed E-state index contributed by atoms with van der Waals surface area (Å²) >= 11 is 2.32. The van der Waals surface area contributed by atoms with Gasteiger partial charge in [0.1, 0.15) is 51.0 Å². The molecule has 0 saturated carbocycles. The Hall–Kier alpha value is -4.93. The summed E-state index contributed by atoms with van der Waals surface area (Å²) in [4.78, 5) is 0. The number of benzene rings is 3. The molecule has 0 saturated heterocycles. The third kappa shape index (κ3) is 4.07. The van der Waals surface area contributed by atoms with Crippen molar-refractivity contribution in [3.05, 3.63) is 79.1 Å². The molecule has 3 aromatic carbocycles. The maximum atomic E-state index is 14.9. The third-order valence-electron chi connectivity index (χ3n) is 4.60. The van der Waals surface area contributed by atoms with Gasteiger partial charge in [-0.1, -0.05) is 0 Å². The maximum absolute atomic E-state index is 14.9. The number of hydrogen-bond donors (Lipinski definition) is 0. The van der Waals surface area contributed by atoms with E-state index in [4.69, 9.17) is 21.0 Å². The van der Waals surface area contributed by atoms with Gasteiger partial charge in [-0.25, -0.2) is 22.0 Å². The maximum Gasteiger partial charge on any atom is 0.208 e. The van der Waals surface area contributed by atoms with E-state index in [9.17, 15) is 39.5 Å². The second-order valence-corrected chi connectivity index (χ2v) is 7.40. The molecule has 38 heavy (non-hydrogen) atoms. The zero-order valence-electron chi connectivity index (χ0n) is 17.4. The molecule has 3 rings (SSSR count). The quantitative estimate of drug-likeness (QED) is 0.240. The first-order chi connectivity index (χ1) is 17.9. The number of halogens is 10. The van der Waals surface area contributed by atoms with E-state index in [2.05, 4.69) is 25.4 Å². The molecule has 0 N–H and O–H groups in total. The summed E-state index contributed by atoms with van der Waals surface area (Å²) < 4.78 is 137. The van der Waals surface area contributed by atoms with Crippen molar-refractivity contribution in [1.29, 1.82) is 21.0 Å². The molecule has 0 atom stereocenters. The van der Waals surface area contributed by atoms with Gasteiger partial charge in [0.15, 0.2) is 34.8 Å². The molecular weight excluding hydrogens is 603 g/mol. The first-order valence-electron chi connectivity index (χ1n) is 9.10. The largest absolute Gasteiger partial charge is 0.446 e. The Balaban J connectivity index is 2.23. The molecule has 0 heterocycles. The summed E-state index contributed by atoms with van der Waals surface area (Å²) in [5.74, 6) is -27.6. The fourth-order valence-corrected chi connectivity index (χ4v) is 3.29. The molecule has 0 unspecified atom stereocenters. The SMILES string of the molecule is N#Cc1c(F)c(F)c(Oc2c(F)c(F)c(Oc3c(F)c(F)c(C#N)c(C#N)c3F)c(Br)c2F)c(F)c1C#N. The van der Waals surface area contributed by atoms with Gasteiger partial charge in [0.05, 0.1) is 0 Å². The Bertz CT molecular complexity index is 1580. The first-order valence-corrected chi connectivity index (χ1v) is 9.89. The van der Waals surface area contributed by atoms with Crippen LogP contribution >= 0.6 is 15.9 Å². The van der Waals surface area contributed by atoms with Gasteiger partial charge in [-0.15, -0.1) is 0 Å². The Kier molecular flexibility index (Phi) is 7.43. The molecule has 6 nitrogen and oxygen atoms in total. The van der Waals surface area contributed by atoms with Crippen molar-refractivity contribution in [2.75, 3.05) is 0 Å². The molecule has 0 aliphatic heterocycles. The average molecular weight is 603 g/mol. The van der Waals surface area contributed by atoms with Crippen molar-refractivity contribution in [2.24, 2.45) is 0 Å². The van der Waals surface area contributed by atoms with Gasteiger partial charge in [-0.05, 0) is 15.9 Å². The highest BCUT2D eigenvalue weighted by Gasteiger charge is 2.34. The van der Waals surface area contributed by atoms with Crippen LogP contribution in [0.5, 0.6) is 23.0 Å². The van der Waals surface area contributed by atoms with Crippen molar-refractivity contribution < 1.29 is 49.0 Å². The van der Waals surface area contributed by atoms with Gasteiger partial charge in [-0.3, -0.25) is 0 Å². The minimum absolute atomic E-state index is 0.996. The average Bonchev–Trinajstić information content (AvgIpc) is 2.90. The van der Waals surface area contributed by atoms with Gasteiger partial charge >= 0.3 is 0 Å². The highest BCUT2D eigenvalue weighted by atomic mass is 79.9. The lowest BCUT2D eigenvalue weighted by atomic mass is 10.1. The smallest absolute Gasteiger partial charge is 0.208 e. The van der Waals surface area contributed by atoms with Crippen LogP contribution in [0.15, 0.2) is 4.47 Å². The molecule has 0 radical (unpaired) electrons. The molecular formula is C22BrF9N4O2. The Morgan fingerprint density at radius 1 is 0.395 bits per heavy atom. The van der Waals surface area contributed by atoms with Crippen LogP contribution in [0, 0.1) is 97.7 Å². The first kappa shape index (κ1) is 27.7. The lowest BCUT2D eigenvalue weighted by molar-refractivity contribution is 0.324. The molecule has 0 aliphatic carbocycles. The Labute approximate surface area is 212 Å². The summed E-state index contributed by atoms with van der Waals surface area (Å²) in [5, 5.41) is 35.4. The minimum atomic E-state index is -2.49. The van der Waals surface area contributed by atoms with Gasteiger partial charge in [0, 0.05) is 0 Å². The summed E-state index contributed by atoms with van der Waals surface area (Å²) in [6, 6.07) is 4.04. The molecule has 190 valence electrons. The Morgan fingerprint density at radius 3 is 1.03 bits per heavy atom. The zero-order valence-corrected chi connectivity index (χ0v) is 19.0. The van der Waals surface area contributed by atoms with E-state index in [1.165, 1.54) is 0 Å². The van der Waals surface area contributed by atoms with E-state index < -0.39 is 102 Å². The minimum Gasteiger partial charge on any atom is -0.446 e.